The second-order valence-electron chi connectivity index (χ2n) is 5.97. The van der Waals surface area contributed by atoms with Crippen LogP contribution in [0.25, 0.3) is 10.9 Å². The lowest BCUT2D eigenvalue weighted by Gasteiger charge is -2.39. The fourth-order valence-corrected chi connectivity index (χ4v) is 3.15. The van der Waals surface area contributed by atoms with Gasteiger partial charge in [-0.25, -0.2) is 4.98 Å². The zero-order chi connectivity index (χ0) is 14.8. The average Bonchev–Trinajstić information content (AvgIpc) is 2.50. The highest BCUT2D eigenvalue weighted by atomic mass is 15.3. The number of hydrogen-bond acceptors (Lipinski definition) is 4. The van der Waals surface area contributed by atoms with Gasteiger partial charge in [0.2, 0.25) is 5.95 Å². The Morgan fingerprint density at radius 2 is 2.05 bits per heavy atom. The predicted octanol–water partition coefficient (Wildman–Crippen LogP) is 3.69. The maximum Gasteiger partial charge on any atom is 0.225 e. The summed E-state index contributed by atoms with van der Waals surface area (Å²) < 4.78 is 0. The zero-order valence-corrected chi connectivity index (χ0v) is 13.1. The second kappa shape index (κ2) is 5.88. The number of rotatable bonds is 3. The van der Waals surface area contributed by atoms with E-state index in [-0.39, 0.29) is 0 Å². The molecule has 0 aliphatic carbocycles. The number of nitrogens with zero attached hydrogens (tertiary/aromatic N) is 3. The molecular weight excluding hydrogens is 260 g/mol. The van der Waals surface area contributed by atoms with Gasteiger partial charge in [-0.2, -0.15) is 4.98 Å². The molecule has 1 aromatic heterocycles. The summed E-state index contributed by atoms with van der Waals surface area (Å²) in [6.07, 6.45) is 2.54. The highest BCUT2D eigenvalue weighted by Crippen LogP contribution is 2.32. The van der Waals surface area contributed by atoms with Crippen LogP contribution in [0.2, 0.25) is 0 Å². The van der Waals surface area contributed by atoms with Crippen molar-refractivity contribution in [2.75, 3.05) is 23.3 Å². The van der Waals surface area contributed by atoms with Gasteiger partial charge in [0, 0.05) is 24.5 Å². The number of aromatic nitrogens is 2. The Morgan fingerprint density at radius 1 is 1.24 bits per heavy atom. The van der Waals surface area contributed by atoms with Crippen molar-refractivity contribution in [1.82, 2.24) is 9.97 Å². The summed E-state index contributed by atoms with van der Waals surface area (Å²) in [5.41, 5.74) is 1.02. The van der Waals surface area contributed by atoms with Gasteiger partial charge in [0.15, 0.2) is 0 Å². The summed E-state index contributed by atoms with van der Waals surface area (Å²) >= 11 is 0. The largest absolute Gasteiger partial charge is 0.354 e. The average molecular weight is 284 g/mol. The quantitative estimate of drug-likeness (QED) is 0.933. The van der Waals surface area contributed by atoms with E-state index in [9.17, 15) is 0 Å². The monoisotopic (exact) mass is 284 g/mol. The van der Waals surface area contributed by atoms with Gasteiger partial charge in [0.1, 0.15) is 5.82 Å². The molecule has 1 saturated heterocycles. The third-order valence-corrected chi connectivity index (χ3v) is 4.56. The van der Waals surface area contributed by atoms with Crippen molar-refractivity contribution in [1.29, 1.82) is 0 Å². The predicted molar refractivity (Wildman–Crippen MR) is 88.9 cm³/mol. The summed E-state index contributed by atoms with van der Waals surface area (Å²) in [6, 6.07) is 8.83. The molecule has 1 aliphatic rings. The molecule has 21 heavy (non-hydrogen) atoms. The highest BCUT2D eigenvalue weighted by molar-refractivity contribution is 5.90. The Morgan fingerprint density at radius 3 is 2.86 bits per heavy atom. The maximum atomic E-state index is 4.80. The van der Waals surface area contributed by atoms with E-state index in [0.717, 1.165) is 35.8 Å². The number of hydrogen-bond donors (Lipinski definition) is 1. The Bertz CT molecular complexity index is 625. The van der Waals surface area contributed by atoms with Crippen LogP contribution in [0, 0.1) is 5.92 Å². The zero-order valence-electron chi connectivity index (χ0n) is 13.1. The first-order valence-electron chi connectivity index (χ1n) is 7.98. The van der Waals surface area contributed by atoms with Crippen LogP contribution in [-0.4, -0.2) is 29.1 Å². The van der Waals surface area contributed by atoms with Gasteiger partial charge in [-0.1, -0.05) is 19.1 Å². The lowest BCUT2D eigenvalue weighted by Crippen LogP contribution is -2.43. The van der Waals surface area contributed by atoms with Crippen molar-refractivity contribution in [2.24, 2.45) is 5.92 Å². The Hall–Kier alpha value is -1.84. The van der Waals surface area contributed by atoms with E-state index in [4.69, 9.17) is 4.98 Å². The van der Waals surface area contributed by atoms with Crippen LogP contribution in [0.1, 0.15) is 33.6 Å². The summed E-state index contributed by atoms with van der Waals surface area (Å²) in [5.74, 6) is 2.52. The summed E-state index contributed by atoms with van der Waals surface area (Å²) in [4.78, 5) is 11.9. The van der Waals surface area contributed by atoms with E-state index in [1.54, 1.807) is 0 Å². The van der Waals surface area contributed by atoms with E-state index in [1.165, 1.54) is 12.8 Å². The van der Waals surface area contributed by atoms with E-state index < -0.39 is 0 Å². The number of fused-ring (bicyclic) bond motifs is 1. The molecule has 1 aromatic carbocycles. The summed E-state index contributed by atoms with van der Waals surface area (Å²) in [6.45, 7) is 8.64. The lowest BCUT2D eigenvalue weighted by molar-refractivity contribution is 0.362. The molecule has 0 saturated carbocycles. The molecule has 4 heteroatoms. The first-order chi connectivity index (χ1) is 10.2. The molecule has 2 heterocycles. The third-order valence-electron chi connectivity index (χ3n) is 4.56. The standard InChI is InChI=1S/C17H24N4/c1-4-18-17-19-15-10-6-5-9-14(15)16(20-17)21-11-7-8-12(2)13(21)3/h5-6,9-10,12-13H,4,7-8,11H2,1-3H3,(H,18,19,20). The first kappa shape index (κ1) is 14.1. The van der Waals surface area contributed by atoms with Crippen LogP contribution >= 0.6 is 0 Å². The van der Waals surface area contributed by atoms with Crippen molar-refractivity contribution in [3.8, 4) is 0 Å². The summed E-state index contributed by atoms with van der Waals surface area (Å²) in [7, 11) is 0. The Kier molecular flexibility index (Phi) is 3.95. The van der Waals surface area contributed by atoms with Crippen LogP contribution in [0.4, 0.5) is 11.8 Å². The number of piperidine rings is 1. The highest BCUT2D eigenvalue weighted by Gasteiger charge is 2.27. The molecule has 2 atom stereocenters. The van der Waals surface area contributed by atoms with Crippen LogP contribution in [-0.2, 0) is 0 Å². The van der Waals surface area contributed by atoms with Crippen molar-refractivity contribution >= 4 is 22.7 Å². The van der Waals surface area contributed by atoms with Crippen LogP contribution in [0.5, 0.6) is 0 Å². The van der Waals surface area contributed by atoms with E-state index in [2.05, 4.69) is 54.2 Å². The molecule has 112 valence electrons. The van der Waals surface area contributed by atoms with Gasteiger partial charge in [-0.3, -0.25) is 0 Å². The van der Waals surface area contributed by atoms with Gasteiger partial charge in [0.05, 0.1) is 5.52 Å². The summed E-state index contributed by atoms with van der Waals surface area (Å²) in [5, 5.41) is 4.41. The molecule has 0 bridgehead atoms. The van der Waals surface area contributed by atoms with Crippen molar-refractivity contribution in [3.05, 3.63) is 24.3 Å². The molecular formula is C17H24N4. The van der Waals surface area contributed by atoms with Crippen molar-refractivity contribution in [3.63, 3.8) is 0 Å². The Labute approximate surface area is 126 Å². The minimum Gasteiger partial charge on any atom is -0.354 e. The van der Waals surface area contributed by atoms with E-state index in [0.29, 0.717) is 12.0 Å². The van der Waals surface area contributed by atoms with Crippen LogP contribution in [0.15, 0.2) is 24.3 Å². The van der Waals surface area contributed by atoms with Crippen LogP contribution < -0.4 is 10.2 Å². The second-order valence-corrected chi connectivity index (χ2v) is 5.97. The number of para-hydroxylation sites is 1. The van der Waals surface area contributed by atoms with E-state index >= 15 is 0 Å². The molecule has 2 unspecified atom stereocenters. The third kappa shape index (κ3) is 2.67. The fraction of sp³-hybridized carbons (Fsp3) is 0.529. The van der Waals surface area contributed by atoms with Gasteiger partial charge >= 0.3 is 0 Å². The molecule has 0 radical (unpaired) electrons. The fourth-order valence-electron chi connectivity index (χ4n) is 3.15. The Balaban J connectivity index is 2.10. The van der Waals surface area contributed by atoms with Crippen LogP contribution in [0.3, 0.4) is 0 Å². The van der Waals surface area contributed by atoms with Gasteiger partial charge < -0.3 is 10.2 Å². The van der Waals surface area contributed by atoms with Crippen molar-refractivity contribution < 1.29 is 0 Å². The molecule has 3 rings (SSSR count). The molecule has 1 aliphatic heterocycles. The van der Waals surface area contributed by atoms with Gasteiger partial charge in [-0.15, -0.1) is 0 Å². The molecule has 4 nitrogen and oxygen atoms in total. The SMILES string of the molecule is CCNc1nc(N2CCCC(C)C2C)c2ccccc2n1. The molecule has 0 spiro atoms. The maximum absolute atomic E-state index is 4.80. The van der Waals surface area contributed by atoms with Gasteiger partial charge in [0.25, 0.3) is 0 Å². The van der Waals surface area contributed by atoms with Gasteiger partial charge in [-0.05, 0) is 44.7 Å². The molecule has 0 amide bonds. The molecule has 1 N–H and O–H groups in total. The van der Waals surface area contributed by atoms with E-state index in [1.807, 2.05) is 6.07 Å². The van der Waals surface area contributed by atoms with Crippen molar-refractivity contribution in [2.45, 2.75) is 39.7 Å². The normalized spacial score (nSPS) is 22.5. The molecule has 1 fully saturated rings. The lowest BCUT2D eigenvalue weighted by atomic mass is 9.92. The minimum atomic E-state index is 0.520. The number of nitrogens with one attached hydrogen (secondary N) is 1. The number of benzene rings is 1. The smallest absolute Gasteiger partial charge is 0.225 e. The number of anilines is 2. The topological polar surface area (TPSA) is 41.1 Å². The molecule has 2 aromatic rings. The minimum absolute atomic E-state index is 0.520. The first-order valence-corrected chi connectivity index (χ1v) is 7.98.